The number of nitro groups is 1. The van der Waals surface area contributed by atoms with Crippen LogP contribution < -0.4 is 5.32 Å². The number of carbonyl (C=O) groups excluding carboxylic acids is 2. The number of ether oxygens (including phenoxy) is 2. The normalized spacial score (nSPS) is 15.6. The highest BCUT2D eigenvalue weighted by Crippen LogP contribution is 2.40. The van der Waals surface area contributed by atoms with E-state index >= 15 is 0 Å². The first-order valence-corrected chi connectivity index (χ1v) is 15.1. The van der Waals surface area contributed by atoms with Crippen LogP contribution in [0.4, 0.5) is 5.69 Å². The Kier molecular flexibility index (Phi) is 11.3. The van der Waals surface area contributed by atoms with E-state index in [2.05, 4.69) is 65.8 Å². The van der Waals surface area contributed by atoms with Crippen molar-refractivity contribution in [2.24, 2.45) is 0 Å². The molecule has 0 saturated carbocycles. The Morgan fingerprint density at radius 3 is 1.98 bits per heavy atom. The van der Waals surface area contributed by atoms with Crippen LogP contribution in [0, 0.1) is 10.1 Å². The number of dihydropyridines is 1. The summed E-state index contributed by atoms with van der Waals surface area (Å²) in [5.41, 5.74) is 4.28. The fourth-order valence-electron chi connectivity index (χ4n) is 5.86. The number of methoxy groups -OCH3 is 1. The Hall–Kier alpha value is -4.76. The number of benzene rings is 3. The molecule has 236 valence electrons. The lowest BCUT2D eigenvalue weighted by Crippen LogP contribution is -2.33. The smallest absolute Gasteiger partial charge is 0.337 e. The summed E-state index contributed by atoms with van der Waals surface area (Å²) >= 11 is 0. The average molecular weight is 612 g/mol. The van der Waals surface area contributed by atoms with E-state index in [-0.39, 0.29) is 22.8 Å². The summed E-state index contributed by atoms with van der Waals surface area (Å²) < 4.78 is 11.0. The third-order valence-corrected chi connectivity index (χ3v) is 8.23. The van der Waals surface area contributed by atoms with Gasteiger partial charge >= 0.3 is 11.9 Å². The molecule has 3 aromatic carbocycles. The molecule has 9 heteroatoms. The van der Waals surface area contributed by atoms with E-state index < -0.39 is 28.9 Å². The summed E-state index contributed by atoms with van der Waals surface area (Å²) in [7, 11) is 3.32. The number of rotatable bonds is 13. The van der Waals surface area contributed by atoms with E-state index in [0.29, 0.717) is 29.9 Å². The highest BCUT2D eigenvalue weighted by atomic mass is 16.6. The fraction of sp³-hybridized carbons (Fsp3) is 0.333. The van der Waals surface area contributed by atoms with Gasteiger partial charge in [-0.05, 0) is 63.9 Å². The predicted molar refractivity (Wildman–Crippen MR) is 173 cm³/mol. The summed E-state index contributed by atoms with van der Waals surface area (Å²) in [6, 6.07) is 26.9. The summed E-state index contributed by atoms with van der Waals surface area (Å²) in [4.78, 5) is 39.9. The van der Waals surface area contributed by atoms with Gasteiger partial charge < -0.3 is 19.7 Å². The number of allylic oxidation sites excluding steroid dienone is 2. The molecular weight excluding hydrogens is 570 g/mol. The van der Waals surface area contributed by atoms with Crippen molar-refractivity contribution in [3.05, 3.63) is 134 Å². The maximum Gasteiger partial charge on any atom is 0.337 e. The molecule has 4 rings (SSSR count). The maximum atomic E-state index is 13.7. The van der Waals surface area contributed by atoms with Gasteiger partial charge in [0, 0.05) is 36.0 Å². The Labute approximate surface area is 264 Å². The molecule has 0 radical (unpaired) electrons. The van der Waals surface area contributed by atoms with Crippen molar-refractivity contribution in [3.63, 3.8) is 0 Å². The first-order valence-electron chi connectivity index (χ1n) is 15.1. The Balaban J connectivity index is 1.44. The molecule has 0 spiro atoms. The monoisotopic (exact) mass is 611 g/mol. The van der Waals surface area contributed by atoms with Crippen LogP contribution in [0.3, 0.4) is 0 Å². The second-order valence-electron chi connectivity index (χ2n) is 11.4. The Bertz CT molecular complexity index is 1530. The lowest BCUT2D eigenvalue weighted by Gasteiger charge is -2.31. The molecule has 1 heterocycles. The van der Waals surface area contributed by atoms with Crippen molar-refractivity contribution < 1.29 is 24.0 Å². The number of esters is 2. The maximum absolute atomic E-state index is 13.7. The molecule has 0 amide bonds. The third-order valence-electron chi connectivity index (χ3n) is 8.23. The molecule has 9 nitrogen and oxygen atoms in total. The van der Waals surface area contributed by atoms with Gasteiger partial charge in [-0.2, -0.15) is 0 Å². The van der Waals surface area contributed by atoms with Gasteiger partial charge in [-0.3, -0.25) is 10.1 Å². The zero-order chi connectivity index (χ0) is 32.5. The van der Waals surface area contributed by atoms with Crippen molar-refractivity contribution in [2.45, 2.75) is 51.6 Å². The molecule has 1 aliphatic rings. The van der Waals surface area contributed by atoms with Crippen molar-refractivity contribution >= 4 is 17.6 Å². The molecule has 0 saturated heterocycles. The third kappa shape index (κ3) is 8.25. The number of nitrogens with zero attached hydrogens (tertiary/aromatic N) is 2. The van der Waals surface area contributed by atoms with E-state index in [0.717, 1.165) is 13.0 Å². The van der Waals surface area contributed by atoms with Gasteiger partial charge in [-0.1, -0.05) is 72.8 Å². The molecule has 1 aliphatic heterocycles. The number of non-ortho nitro benzene ring substituents is 1. The molecule has 0 bridgehead atoms. The molecule has 0 aliphatic carbocycles. The van der Waals surface area contributed by atoms with Gasteiger partial charge in [0.2, 0.25) is 0 Å². The zero-order valence-corrected chi connectivity index (χ0v) is 26.5. The standard InChI is InChI=1S/C36H41N3O6/c1-24(19-21-38(4)22-20-31(27-13-8-6-9-14-27)28-15-10-7-11-16-28)45-36(41)33-26(3)37-25(2)32(35(40)44-5)34(33)29-17-12-18-30(23-29)39(42)43/h6-18,23-24,31,34,37H,19-22H2,1-5H3. The summed E-state index contributed by atoms with van der Waals surface area (Å²) in [6.07, 6.45) is 1.12. The average Bonchev–Trinajstić information content (AvgIpc) is 3.04. The summed E-state index contributed by atoms with van der Waals surface area (Å²) in [5, 5.41) is 14.6. The van der Waals surface area contributed by atoms with Crippen LogP contribution in [0.25, 0.3) is 0 Å². The summed E-state index contributed by atoms with van der Waals surface area (Å²) in [5.74, 6) is -1.85. The summed E-state index contributed by atoms with van der Waals surface area (Å²) in [6.45, 7) is 6.85. The van der Waals surface area contributed by atoms with Crippen LogP contribution in [0.1, 0.15) is 62.1 Å². The second-order valence-corrected chi connectivity index (χ2v) is 11.4. The molecule has 0 fully saturated rings. The van der Waals surface area contributed by atoms with Crippen LogP contribution in [-0.2, 0) is 19.1 Å². The molecular formula is C36H41N3O6. The minimum Gasteiger partial charge on any atom is -0.466 e. The quantitative estimate of drug-likeness (QED) is 0.133. The Morgan fingerprint density at radius 2 is 1.42 bits per heavy atom. The Morgan fingerprint density at radius 1 is 0.867 bits per heavy atom. The van der Waals surface area contributed by atoms with Crippen molar-refractivity contribution in [2.75, 3.05) is 27.2 Å². The number of nitro benzene ring substituents is 1. The highest BCUT2D eigenvalue weighted by molar-refractivity contribution is 6.00. The number of nitrogens with one attached hydrogen (secondary N) is 1. The lowest BCUT2D eigenvalue weighted by atomic mass is 9.80. The highest BCUT2D eigenvalue weighted by Gasteiger charge is 2.38. The zero-order valence-electron chi connectivity index (χ0n) is 26.5. The first kappa shape index (κ1) is 33.1. The predicted octanol–water partition coefficient (Wildman–Crippen LogP) is 6.48. The van der Waals surface area contributed by atoms with Crippen molar-refractivity contribution in [1.82, 2.24) is 10.2 Å². The number of hydrogen-bond acceptors (Lipinski definition) is 8. The van der Waals surface area contributed by atoms with E-state index in [9.17, 15) is 19.7 Å². The van der Waals surface area contributed by atoms with Crippen molar-refractivity contribution in [1.29, 1.82) is 0 Å². The van der Waals surface area contributed by atoms with E-state index in [4.69, 9.17) is 9.47 Å². The van der Waals surface area contributed by atoms with Crippen molar-refractivity contribution in [3.8, 4) is 0 Å². The lowest BCUT2D eigenvalue weighted by molar-refractivity contribution is -0.384. The van der Waals surface area contributed by atoms with Crippen LogP contribution >= 0.6 is 0 Å². The van der Waals surface area contributed by atoms with Crippen LogP contribution in [0.5, 0.6) is 0 Å². The molecule has 0 aromatic heterocycles. The molecule has 1 N–H and O–H groups in total. The number of carbonyl (C=O) groups is 2. The minimum absolute atomic E-state index is 0.142. The first-order chi connectivity index (χ1) is 21.6. The van der Waals surface area contributed by atoms with Gasteiger partial charge in [0.05, 0.1) is 29.1 Å². The van der Waals surface area contributed by atoms with Crippen LogP contribution in [0.15, 0.2) is 107 Å². The van der Waals surface area contributed by atoms with Gasteiger partial charge in [0.25, 0.3) is 5.69 Å². The van der Waals surface area contributed by atoms with Gasteiger partial charge in [0.1, 0.15) is 6.10 Å². The topological polar surface area (TPSA) is 111 Å². The molecule has 2 atom stereocenters. The molecule has 3 aromatic rings. The minimum atomic E-state index is -0.895. The van der Waals surface area contributed by atoms with Gasteiger partial charge in [-0.15, -0.1) is 0 Å². The van der Waals surface area contributed by atoms with Gasteiger partial charge in [0.15, 0.2) is 0 Å². The van der Waals surface area contributed by atoms with E-state index in [1.807, 2.05) is 19.1 Å². The second kappa shape index (κ2) is 15.3. The number of hydrogen-bond donors (Lipinski definition) is 1. The van der Waals surface area contributed by atoms with Crippen LogP contribution in [0.2, 0.25) is 0 Å². The van der Waals surface area contributed by atoms with E-state index in [1.54, 1.807) is 19.9 Å². The molecule has 2 unspecified atom stereocenters. The largest absolute Gasteiger partial charge is 0.466 e. The fourth-order valence-corrected chi connectivity index (χ4v) is 5.86. The SMILES string of the molecule is COC(=O)C1=C(C)NC(C)=C(C(=O)OC(C)CCN(C)CCC(c2ccccc2)c2ccccc2)C1c1cccc([N+](=O)[O-])c1. The molecule has 45 heavy (non-hydrogen) atoms. The van der Waals surface area contributed by atoms with Crippen LogP contribution in [-0.4, -0.2) is 55.1 Å². The van der Waals surface area contributed by atoms with Gasteiger partial charge in [-0.25, -0.2) is 9.59 Å². The van der Waals surface area contributed by atoms with E-state index in [1.165, 1.54) is 36.4 Å².